The number of nitrogens with one attached hydrogen (secondary N) is 2. The van der Waals surface area contributed by atoms with Crippen LogP contribution in [0.1, 0.15) is 187 Å². The minimum atomic E-state index is 0.700. The minimum absolute atomic E-state index is 0.700. The van der Waals surface area contributed by atoms with Gasteiger partial charge < -0.3 is 20.3 Å². The molecular weight excluding hydrogens is 554 g/mol. The summed E-state index contributed by atoms with van der Waals surface area (Å²) in [5, 5.41) is 6.56. The van der Waals surface area contributed by atoms with E-state index in [9.17, 15) is 9.59 Å². The summed E-state index contributed by atoms with van der Waals surface area (Å²) >= 11 is 0. The topological polar surface area (TPSA) is 61.4 Å². The Morgan fingerprint density at radius 2 is 1.02 bits per heavy atom. The van der Waals surface area contributed by atoms with Crippen molar-refractivity contribution in [2.24, 2.45) is 5.92 Å². The third-order valence-electron chi connectivity index (χ3n) is 9.45. The third-order valence-corrected chi connectivity index (χ3v) is 9.45. The Balaban J connectivity index is 4.40. The van der Waals surface area contributed by atoms with Crippen LogP contribution < -0.4 is 10.6 Å². The van der Waals surface area contributed by atoms with E-state index >= 15 is 0 Å². The molecule has 5 heteroatoms. The second kappa shape index (κ2) is 37.3. The first-order chi connectivity index (χ1) is 22.2. The van der Waals surface area contributed by atoms with Gasteiger partial charge in [0.05, 0.1) is 0 Å². The van der Waals surface area contributed by atoms with Crippen molar-refractivity contribution in [2.75, 3.05) is 39.8 Å². The molecular formula is C40H79N3O2. The van der Waals surface area contributed by atoms with Gasteiger partial charge in [0.2, 0.25) is 0 Å². The van der Waals surface area contributed by atoms with Crippen molar-refractivity contribution in [2.45, 2.75) is 187 Å². The average Bonchev–Trinajstić information content (AvgIpc) is 3.04. The van der Waals surface area contributed by atoms with E-state index in [4.69, 9.17) is 0 Å². The predicted octanol–water partition coefficient (Wildman–Crippen LogP) is 10.6. The van der Waals surface area contributed by atoms with Crippen molar-refractivity contribution >= 4 is 12.6 Å². The molecule has 0 aliphatic carbocycles. The second-order valence-corrected chi connectivity index (χ2v) is 13.7. The molecule has 0 aromatic heterocycles. The Morgan fingerprint density at radius 1 is 0.578 bits per heavy atom. The van der Waals surface area contributed by atoms with Crippen LogP contribution in [0, 0.1) is 5.92 Å². The SMILES string of the molecule is CCCCCCCCC(CCCCCCCC)CCCCCCCN(CCCCCCCC=O)CCCN/C(=C/C=O)CNC. The van der Waals surface area contributed by atoms with Gasteiger partial charge in [-0.25, -0.2) is 0 Å². The molecule has 0 saturated carbocycles. The number of rotatable bonds is 38. The van der Waals surface area contributed by atoms with E-state index in [1.807, 2.05) is 7.05 Å². The lowest BCUT2D eigenvalue weighted by Gasteiger charge is -2.23. The maximum Gasteiger partial charge on any atom is 0.144 e. The molecule has 5 nitrogen and oxygen atoms in total. The zero-order valence-electron chi connectivity index (χ0n) is 30.7. The molecule has 0 bridgehead atoms. The normalized spacial score (nSPS) is 12.0. The smallest absolute Gasteiger partial charge is 0.144 e. The highest BCUT2D eigenvalue weighted by molar-refractivity contribution is 5.66. The van der Waals surface area contributed by atoms with Gasteiger partial charge in [-0.1, -0.05) is 155 Å². The van der Waals surface area contributed by atoms with E-state index in [0.717, 1.165) is 50.1 Å². The molecule has 45 heavy (non-hydrogen) atoms. The Kier molecular flexibility index (Phi) is 36.3. The summed E-state index contributed by atoms with van der Waals surface area (Å²) in [4.78, 5) is 24.1. The summed E-state index contributed by atoms with van der Waals surface area (Å²) in [7, 11) is 1.91. The number of hydrogen-bond donors (Lipinski definition) is 2. The van der Waals surface area contributed by atoms with E-state index < -0.39 is 0 Å². The molecule has 0 aromatic rings. The lowest BCUT2D eigenvalue weighted by molar-refractivity contribution is -0.108. The van der Waals surface area contributed by atoms with Crippen LogP contribution in [-0.4, -0.2) is 57.2 Å². The molecule has 0 aliphatic rings. The zero-order valence-corrected chi connectivity index (χ0v) is 30.7. The van der Waals surface area contributed by atoms with Crippen LogP contribution in [0.2, 0.25) is 0 Å². The molecule has 0 atom stereocenters. The van der Waals surface area contributed by atoms with Gasteiger partial charge in [-0.15, -0.1) is 0 Å². The Labute approximate surface area is 281 Å². The summed E-state index contributed by atoms with van der Waals surface area (Å²) in [6.07, 6.45) is 39.7. The Morgan fingerprint density at radius 3 is 1.49 bits per heavy atom. The fourth-order valence-corrected chi connectivity index (χ4v) is 6.59. The number of carbonyl (C=O) groups is 2. The summed E-state index contributed by atoms with van der Waals surface area (Å²) in [6.45, 7) is 9.73. The minimum Gasteiger partial charge on any atom is -0.387 e. The van der Waals surface area contributed by atoms with Gasteiger partial charge in [0.1, 0.15) is 12.6 Å². The van der Waals surface area contributed by atoms with Crippen molar-refractivity contribution < 1.29 is 9.59 Å². The van der Waals surface area contributed by atoms with Crippen molar-refractivity contribution in [3.05, 3.63) is 11.8 Å². The molecule has 0 rings (SSSR count). The first kappa shape index (κ1) is 43.8. The monoisotopic (exact) mass is 634 g/mol. The maximum atomic E-state index is 10.9. The highest BCUT2D eigenvalue weighted by Gasteiger charge is 2.10. The van der Waals surface area contributed by atoms with E-state index in [0.29, 0.717) is 13.0 Å². The number of aldehydes is 2. The number of unbranched alkanes of at least 4 members (excludes halogenated alkanes) is 19. The van der Waals surface area contributed by atoms with Crippen molar-refractivity contribution in [3.8, 4) is 0 Å². The molecule has 0 heterocycles. The third kappa shape index (κ3) is 32.5. The lowest BCUT2D eigenvalue weighted by Crippen LogP contribution is -2.30. The molecule has 0 fully saturated rings. The summed E-state index contributed by atoms with van der Waals surface area (Å²) in [5.41, 5.74) is 0.968. The van der Waals surface area contributed by atoms with E-state index in [-0.39, 0.29) is 0 Å². The molecule has 0 spiro atoms. The number of carbonyl (C=O) groups excluding carboxylic acids is 2. The molecule has 0 unspecified atom stereocenters. The molecule has 0 aliphatic heterocycles. The fourth-order valence-electron chi connectivity index (χ4n) is 6.59. The molecule has 0 aromatic carbocycles. The van der Waals surface area contributed by atoms with Gasteiger partial charge in [-0.3, -0.25) is 4.79 Å². The van der Waals surface area contributed by atoms with Crippen LogP contribution in [0.25, 0.3) is 0 Å². The van der Waals surface area contributed by atoms with Crippen LogP contribution in [0.4, 0.5) is 0 Å². The first-order valence-corrected chi connectivity index (χ1v) is 19.9. The van der Waals surface area contributed by atoms with Crippen LogP contribution in [0.3, 0.4) is 0 Å². The van der Waals surface area contributed by atoms with Gasteiger partial charge in [-0.2, -0.15) is 0 Å². The second-order valence-electron chi connectivity index (χ2n) is 13.7. The summed E-state index contributed by atoms with van der Waals surface area (Å²) in [5.74, 6) is 0.972. The molecule has 0 radical (unpaired) electrons. The Hall–Kier alpha value is -1.20. The number of hydrogen-bond acceptors (Lipinski definition) is 5. The number of allylic oxidation sites excluding steroid dienone is 1. The molecule has 2 N–H and O–H groups in total. The summed E-state index contributed by atoms with van der Waals surface area (Å²) < 4.78 is 0. The van der Waals surface area contributed by atoms with Crippen molar-refractivity contribution in [3.63, 3.8) is 0 Å². The highest BCUT2D eigenvalue weighted by Crippen LogP contribution is 2.25. The number of nitrogens with zero attached hydrogens (tertiary/aromatic N) is 1. The number of likely N-dealkylation sites (N-methyl/N-ethyl adjacent to an activating group) is 1. The van der Waals surface area contributed by atoms with Gasteiger partial charge in [0, 0.05) is 25.2 Å². The van der Waals surface area contributed by atoms with Crippen LogP contribution in [0.15, 0.2) is 11.8 Å². The van der Waals surface area contributed by atoms with Gasteiger partial charge in [0.25, 0.3) is 0 Å². The standard InChI is InChI=1S/C40H79N3O2/c1-4-6-8-10-15-21-28-39(29-22-16-11-9-7-5-2)30-23-17-14-19-25-34-43(33-24-18-12-13-20-26-36-44)35-27-32-42-40(31-37-45)38-41-3/h31,36-37,39,41-42H,4-30,32-35,38H2,1-3H3/b40-31+. The average molecular weight is 634 g/mol. The molecule has 0 saturated heterocycles. The van der Waals surface area contributed by atoms with Crippen molar-refractivity contribution in [1.82, 2.24) is 15.5 Å². The van der Waals surface area contributed by atoms with Gasteiger partial charge in [0.15, 0.2) is 0 Å². The summed E-state index contributed by atoms with van der Waals surface area (Å²) in [6, 6.07) is 0. The molecule has 0 amide bonds. The van der Waals surface area contributed by atoms with Crippen LogP contribution in [0.5, 0.6) is 0 Å². The predicted molar refractivity (Wildman–Crippen MR) is 198 cm³/mol. The maximum absolute atomic E-state index is 10.9. The van der Waals surface area contributed by atoms with E-state index in [1.54, 1.807) is 6.08 Å². The Bertz CT molecular complexity index is 623. The fraction of sp³-hybridized carbons (Fsp3) is 0.900. The highest BCUT2D eigenvalue weighted by atomic mass is 16.1. The zero-order chi connectivity index (χ0) is 32.9. The van der Waals surface area contributed by atoms with Crippen LogP contribution >= 0.6 is 0 Å². The quantitative estimate of drug-likeness (QED) is 0.0402. The van der Waals surface area contributed by atoms with Gasteiger partial charge >= 0.3 is 0 Å². The van der Waals surface area contributed by atoms with Crippen LogP contribution in [-0.2, 0) is 9.59 Å². The largest absolute Gasteiger partial charge is 0.387 e. The first-order valence-electron chi connectivity index (χ1n) is 19.9. The molecule has 266 valence electrons. The lowest BCUT2D eigenvalue weighted by atomic mass is 9.89. The van der Waals surface area contributed by atoms with E-state index in [1.165, 1.54) is 167 Å². The van der Waals surface area contributed by atoms with Gasteiger partial charge in [-0.05, 0) is 64.4 Å². The van der Waals surface area contributed by atoms with Crippen molar-refractivity contribution in [1.29, 1.82) is 0 Å². The van der Waals surface area contributed by atoms with E-state index in [2.05, 4.69) is 29.4 Å².